The Kier molecular flexibility index (Phi) is 5.16. The van der Waals surface area contributed by atoms with Crippen LogP contribution in [0.15, 0.2) is 30.3 Å². The number of carbonyl (C=O) groups is 2. The number of aliphatic hydroxyl groups excluding tert-OH is 1. The lowest BCUT2D eigenvalue weighted by Crippen LogP contribution is -2.45. The van der Waals surface area contributed by atoms with Crippen molar-refractivity contribution in [3.8, 4) is 0 Å². The summed E-state index contributed by atoms with van der Waals surface area (Å²) in [5, 5.41) is 19.9. The van der Waals surface area contributed by atoms with E-state index in [4.69, 9.17) is 14.9 Å². The molecule has 1 aliphatic carbocycles. The second kappa shape index (κ2) is 7.08. The van der Waals surface area contributed by atoms with Crippen LogP contribution in [-0.4, -0.2) is 41.0 Å². The Labute approximate surface area is 122 Å². The highest BCUT2D eigenvalue weighted by Gasteiger charge is 2.35. The maximum atomic E-state index is 11.7. The van der Waals surface area contributed by atoms with E-state index in [1.54, 1.807) is 0 Å². The molecule has 0 aliphatic heterocycles. The summed E-state index contributed by atoms with van der Waals surface area (Å²) >= 11 is 0. The number of rotatable bonds is 6. The Balaban J connectivity index is 1.87. The van der Waals surface area contributed by atoms with Gasteiger partial charge in [0, 0.05) is 18.9 Å². The van der Waals surface area contributed by atoms with Gasteiger partial charge in [-0.3, -0.25) is 0 Å². The van der Waals surface area contributed by atoms with Crippen molar-refractivity contribution in [1.82, 2.24) is 5.32 Å². The van der Waals surface area contributed by atoms with Gasteiger partial charge < -0.3 is 20.3 Å². The summed E-state index contributed by atoms with van der Waals surface area (Å²) in [5.74, 6) is -1.02. The number of hydrogen-bond donors (Lipinski definition) is 3. The number of ether oxygens (including phenoxy) is 1. The summed E-state index contributed by atoms with van der Waals surface area (Å²) < 4.78 is 5.29. The van der Waals surface area contributed by atoms with Crippen molar-refractivity contribution in [3.63, 3.8) is 0 Å². The molecule has 3 unspecified atom stereocenters. The molecule has 21 heavy (non-hydrogen) atoms. The van der Waals surface area contributed by atoms with Gasteiger partial charge in [-0.05, 0) is 18.4 Å². The van der Waals surface area contributed by atoms with Crippen LogP contribution >= 0.6 is 0 Å². The summed E-state index contributed by atoms with van der Waals surface area (Å²) in [7, 11) is 0. The van der Waals surface area contributed by atoms with Crippen molar-refractivity contribution in [1.29, 1.82) is 0 Å². The maximum absolute atomic E-state index is 11.7. The SMILES string of the molecule is O=C(NC(CCO)C(=O)O)OC1CCC1c1ccccc1. The highest BCUT2D eigenvalue weighted by molar-refractivity contribution is 5.79. The number of carboxylic acid groups (broad SMARTS) is 1. The maximum Gasteiger partial charge on any atom is 0.408 e. The molecule has 0 radical (unpaired) electrons. The number of amides is 1. The molecule has 0 bridgehead atoms. The number of aliphatic carboxylic acids is 1. The molecule has 1 aliphatic rings. The molecule has 6 heteroatoms. The fraction of sp³-hybridized carbons (Fsp3) is 0.467. The third-order valence-corrected chi connectivity index (χ3v) is 3.71. The Bertz CT molecular complexity index is 490. The van der Waals surface area contributed by atoms with Gasteiger partial charge in [-0.25, -0.2) is 9.59 Å². The third-order valence-electron chi connectivity index (χ3n) is 3.71. The van der Waals surface area contributed by atoms with E-state index < -0.39 is 18.1 Å². The van der Waals surface area contributed by atoms with Crippen LogP contribution in [0.1, 0.15) is 30.7 Å². The van der Waals surface area contributed by atoms with Crippen molar-refractivity contribution in [2.45, 2.75) is 37.3 Å². The number of carboxylic acids is 1. The first-order valence-electron chi connectivity index (χ1n) is 6.97. The van der Waals surface area contributed by atoms with E-state index in [1.807, 2.05) is 30.3 Å². The van der Waals surface area contributed by atoms with Crippen molar-refractivity contribution in [3.05, 3.63) is 35.9 Å². The minimum atomic E-state index is -1.19. The van der Waals surface area contributed by atoms with Gasteiger partial charge in [0.25, 0.3) is 0 Å². The molecule has 0 aromatic heterocycles. The Morgan fingerprint density at radius 3 is 2.52 bits per heavy atom. The topological polar surface area (TPSA) is 95.9 Å². The first-order chi connectivity index (χ1) is 10.1. The molecule has 1 amide bonds. The lowest BCUT2D eigenvalue weighted by molar-refractivity contribution is -0.139. The first-order valence-corrected chi connectivity index (χ1v) is 6.97. The summed E-state index contributed by atoms with van der Waals surface area (Å²) in [6.07, 6.45) is 0.695. The number of alkyl carbamates (subject to hydrolysis) is 1. The van der Waals surface area contributed by atoms with E-state index in [0.29, 0.717) is 0 Å². The number of benzene rings is 1. The lowest BCUT2D eigenvalue weighted by Gasteiger charge is -2.36. The van der Waals surface area contributed by atoms with Gasteiger partial charge in [-0.1, -0.05) is 30.3 Å². The van der Waals surface area contributed by atoms with E-state index in [1.165, 1.54) is 0 Å². The summed E-state index contributed by atoms with van der Waals surface area (Å²) in [6.45, 7) is -0.312. The Morgan fingerprint density at radius 2 is 2.00 bits per heavy atom. The zero-order valence-corrected chi connectivity index (χ0v) is 11.6. The molecule has 3 atom stereocenters. The molecular formula is C15H19NO5. The number of nitrogens with one attached hydrogen (secondary N) is 1. The largest absolute Gasteiger partial charge is 0.480 e. The fourth-order valence-corrected chi connectivity index (χ4v) is 2.39. The van der Waals surface area contributed by atoms with Crippen LogP contribution in [0, 0.1) is 0 Å². The Morgan fingerprint density at radius 1 is 1.29 bits per heavy atom. The van der Waals surface area contributed by atoms with Gasteiger partial charge in [0.1, 0.15) is 12.1 Å². The monoisotopic (exact) mass is 293 g/mol. The van der Waals surface area contributed by atoms with Crippen LogP contribution < -0.4 is 5.32 Å². The second-order valence-electron chi connectivity index (χ2n) is 5.09. The number of aliphatic hydroxyl groups is 1. The van der Waals surface area contributed by atoms with E-state index >= 15 is 0 Å². The molecule has 1 aromatic carbocycles. The van der Waals surface area contributed by atoms with Crippen molar-refractivity contribution >= 4 is 12.1 Å². The van der Waals surface area contributed by atoms with Crippen LogP contribution in [0.25, 0.3) is 0 Å². The number of hydrogen-bond acceptors (Lipinski definition) is 4. The zero-order chi connectivity index (χ0) is 15.2. The predicted octanol–water partition coefficient (Wildman–Crippen LogP) is 1.49. The molecule has 114 valence electrons. The van der Waals surface area contributed by atoms with Gasteiger partial charge >= 0.3 is 12.1 Å². The molecule has 6 nitrogen and oxygen atoms in total. The molecule has 0 saturated heterocycles. The lowest BCUT2D eigenvalue weighted by atomic mass is 9.77. The predicted molar refractivity (Wildman–Crippen MR) is 74.9 cm³/mol. The zero-order valence-electron chi connectivity index (χ0n) is 11.6. The summed E-state index contributed by atoms with van der Waals surface area (Å²) in [6, 6.07) is 8.65. The summed E-state index contributed by atoms with van der Waals surface area (Å²) in [4.78, 5) is 22.6. The van der Waals surface area contributed by atoms with Crippen molar-refractivity contribution in [2.24, 2.45) is 0 Å². The molecule has 0 spiro atoms. The minimum Gasteiger partial charge on any atom is -0.480 e. The molecule has 2 rings (SSSR count). The van der Waals surface area contributed by atoms with Gasteiger partial charge in [0.15, 0.2) is 0 Å². The van der Waals surface area contributed by atoms with Crippen molar-refractivity contribution < 1.29 is 24.5 Å². The fourth-order valence-electron chi connectivity index (χ4n) is 2.39. The molecule has 1 aromatic rings. The van der Waals surface area contributed by atoms with Crippen LogP contribution in [0.2, 0.25) is 0 Å². The normalized spacial score (nSPS) is 22.0. The molecule has 3 N–H and O–H groups in total. The molecule has 1 fully saturated rings. The second-order valence-corrected chi connectivity index (χ2v) is 5.09. The molecular weight excluding hydrogens is 274 g/mol. The summed E-state index contributed by atoms with van der Waals surface area (Å²) in [5.41, 5.74) is 1.12. The van der Waals surface area contributed by atoms with Crippen LogP contribution in [-0.2, 0) is 9.53 Å². The first kappa shape index (κ1) is 15.3. The third kappa shape index (κ3) is 3.95. The molecule has 0 heterocycles. The Hall–Kier alpha value is -2.08. The standard InChI is InChI=1S/C15H19NO5/c17-9-8-12(14(18)19)16-15(20)21-13-7-6-11(13)10-4-2-1-3-5-10/h1-5,11-13,17H,6-9H2,(H,16,20)(H,18,19). The average Bonchev–Trinajstić information content (AvgIpc) is 2.44. The van der Waals surface area contributed by atoms with Gasteiger partial charge in [-0.2, -0.15) is 0 Å². The van der Waals surface area contributed by atoms with Gasteiger partial charge in [-0.15, -0.1) is 0 Å². The highest BCUT2D eigenvalue weighted by atomic mass is 16.6. The van der Waals surface area contributed by atoms with Gasteiger partial charge in [0.05, 0.1) is 0 Å². The van der Waals surface area contributed by atoms with Crippen LogP contribution in [0.3, 0.4) is 0 Å². The molecule has 1 saturated carbocycles. The van der Waals surface area contributed by atoms with E-state index in [0.717, 1.165) is 18.4 Å². The van der Waals surface area contributed by atoms with E-state index in [-0.39, 0.29) is 25.0 Å². The smallest absolute Gasteiger partial charge is 0.408 e. The van der Waals surface area contributed by atoms with E-state index in [9.17, 15) is 9.59 Å². The quantitative estimate of drug-likeness (QED) is 0.738. The highest BCUT2D eigenvalue weighted by Crippen LogP contribution is 2.39. The van der Waals surface area contributed by atoms with Crippen LogP contribution in [0.4, 0.5) is 4.79 Å². The minimum absolute atomic E-state index is 0.0444. The number of carbonyl (C=O) groups excluding carboxylic acids is 1. The van der Waals surface area contributed by atoms with E-state index in [2.05, 4.69) is 5.32 Å². The van der Waals surface area contributed by atoms with Gasteiger partial charge in [0.2, 0.25) is 0 Å². The average molecular weight is 293 g/mol. The van der Waals surface area contributed by atoms with Crippen molar-refractivity contribution in [2.75, 3.05) is 6.61 Å². The van der Waals surface area contributed by atoms with Crippen LogP contribution in [0.5, 0.6) is 0 Å².